The first-order valence-corrected chi connectivity index (χ1v) is 6.37. The first-order valence-electron chi connectivity index (χ1n) is 6.37. The van der Waals surface area contributed by atoms with Crippen LogP contribution in [0.5, 0.6) is 0 Å². The molecule has 0 N–H and O–H groups in total. The second-order valence-corrected chi connectivity index (χ2v) is 5.40. The van der Waals surface area contributed by atoms with Gasteiger partial charge >= 0.3 is 5.97 Å². The van der Waals surface area contributed by atoms with Gasteiger partial charge in [0, 0.05) is 26.2 Å². The molecule has 5 heteroatoms. The maximum absolute atomic E-state index is 11.8. The number of hydrogen-bond acceptors (Lipinski definition) is 5. The van der Waals surface area contributed by atoms with E-state index in [1.54, 1.807) is 0 Å². The Hall–Kier alpha value is -2.17. The second kappa shape index (κ2) is 5.07. The summed E-state index contributed by atoms with van der Waals surface area (Å²) in [6.45, 7) is 3.07. The summed E-state index contributed by atoms with van der Waals surface area (Å²) >= 11 is 0. The molecule has 0 saturated heterocycles. The first-order chi connectivity index (χ1) is 9.28. The van der Waals surface area contributed by atoms with E-state index in [0.717, 1.165) is 11.3 Å². The smallest absolute Gasteiger partial charge is 0.337 e. The van der Waals surface area contributed by atoms with Crippen molar-refractivity contribution in [3.05, 3.63) is 41.3 Å². The number of anilines is 1. The van der Waals surface area contributed by atoms with Crippen molar-refractivity contribution in [1.29, 1.82) is 0 Å². The zero-order valence-corrected chi connectivity index (χ0v) is 12.1. The lowest BCUT2D eigenvalue weighted by molar-refractivity contribution is -0.394. The molecule has 0 spiro atoms. The predicted molar refractivity (Wildman–Crippen MR) is 72.8 cm³/mol. The van der Waals surface area contributed by atoms with Crippen LogP contribution >= 0.6 is 0 Å². The molecule has 0 atom stereocenters. The highest BCUT2D eigenvalue weighted by molar-refractivity contribution is 5.90. The van der Waals surface area contributed by atoms with E-state index in [0.29, 0.717) is 0 Å². The molecule has 0 saturated carbocycles. The number of esters is 1. The lowest BCUT2D eigenvalue weighted by atomic mass is 10.0. The average Bonchev–Trinajstić information content (AvgIpc) is 2.33. The quantitative estimate of drug-likeness (QED) is 0.776. The van der Waals surface area contributed by atoms with Gasteiger partial charge in [0.05, 0.1) is 11.5 Å². The van der Waals surface area contributed by atoms with Crippen LogP contribution in [0.1, 0.15) is 19.4 Å². The number of carbonyl (C=O) groups is 1. The third-order valence-corrected chi connectivity index (χ3v) is 3.00. The van der Waals surface area contributed by atoms with E-state index in [9.17, 15) is 9.90 Å². The van der Waals surface area contributed by atoms with Crippen molar-refractivity contribution in [2.24, 2.45) is 0 Å². The Morgan fingerprint density at radius 1 is 1.15 bits per heavy atom. The number of cyclic esters (lactones) is 1. The number of carbonyl (C=O) groups excluding carboxylic acids is 1. The highest BCUT2D eigenvalue weighted by Crippen LogP contribution is 2.26. The van der Waals surface area contributed by atoms with Crippen molar-refractivity contribution in [2.75, 3.05) is 19.0 Å². The molecule has 20 heavy (non-hydrogen) atoms. The standard InChI is InChI=1S/C15H19NO4/c1-15(2)19-13(17)12(14(18)20-15)9-10-5-7-11(8-6-10)16(3)4/h5-8,17H,9H2,1-4H3/p-1. The van der Waals surface area contributed by atoms with Gasteiger partial charge in [0.25, 0.3) is 0 Å². The molecule has 0 radical (unpaired) electrons. The van der Waals surface area contributed by atoms with Gasteiger partial charge in [0.15, 0.2) is 5.79 Å². The summed E-state index contributed by atoms with van der Waals surface area (Å²) in [6, 6.07) is 7.62. The van der Waals surface area contributed by atoms with Gasteiger partial charge in [-0.05, 0) is 31.5 Å². The van der Waals surface area contributed by atoms with Crippen molar-refractivity contribution < 1.29 is 19.4 Å². The van der Waals surface area contributed by atoms with Gasteiger partial charge in [-0.15, -0.1) is 0 Å². The van der Waals surface area contributed by atoms with Crippen molar-refractivity contribution in [1.82, 2.24) is 0 Å². The van der Waals surface area contributed by atoms with Gasteiger partial charge in [0.1, 0.15) is 0 Å². The highest BCUT2D eigenvalue weighted by atomic mass is 16.8. The third-order valence-electron chi connectivity index (χ3n) is 3.00. The van der Waals surface area contributed by atoms with E-state index in [1.165, 1.54) is 13.8 Å². The molecule has 1 aromatic rings. The zero-order valence-electron chi connectivity index (χ0n) is 12.1. The van der Waals surface area contributed by atoms with Crippen molar-refractivity contribution >= 4 is 11.7 Å². The van der Waals surface area contributed by atoms with E-state index >= 15 is 0 Å². The van der Waals surface area contributed by atoms with Crippen LogP contribution in [0, 0.1) is 0 Å². The lowest BCUT2D eigenvalue weighted by Gasteiger charge is -2.39. The van der Waals surface area contributed by atoms with Crippen LogP contribution in [0.25, 0.3) is 0 Å². The number of nitrogens with zero attached hydrogens (tertiary/aromatic N) is 1. The maximum atomic E-state index is 11.8. The Balaban J connectivity index is 2.19. The SMILES string of the molecule is CN(C)c1ccc(CC2=C([O-])OC(C)(C)OC2=O)cc1. The molecule has 1 aromatic carbocycles. The van der Waals surface area contributed by atoms with Gasteiger partial charge < -0.3 is 19.5 Å². The fourth-order valence-electron chi connectivity index (χ4n) is 1.93. The predicted octanol–water partition coefficient (Wildman–Crippen LogP) is 1.18. The molecule has 1 aliphatic rings. The summed E-state index contributed by atoms with van der Waals surface area (Å²) in [4.78, 5) is 13.8. The van der Waals surface area contributed by atoms with Crippen molar-refractivity contribution in [3.63, 3.8) is 0 Å². The Morgan fingerprint density at radius 2 is 1.75 bits per heavy atom. The van der Waals surface area contributed by atoms with Gasteiger partial charge in [-0.2, -0.15) is 0 Å². The molecule has 0 fully saturated rings. The van der Waals surface area contributed by atoms with E-state index in [1.807, 2.05) is 43.3 Å². The topological polar surface area (TPSA) is 61.8 Å². The van der Waals surface area contributed by atoms with Crippen molar-refractivity contribution in [3.8, 4) is 0 Å². The second-order valence-electron chi connectivity index (χ2n) is 5.40. The fraction of sp³-hybridized carbons (Fsp3) is 0.400. The van der Waals surface area contributed by atoms with Gasteiger partial charge in [-0.1, -0.05) is 12.1 Å². The Bertz CT molecular complexity index is 543. The molecular formula is C15H18NO4-. The van der Waals surface area contributed by atoms with Crippen LogP contribution in [0.15, 0.2) is 35.8 Å². The molecule has 0 aromatic heterocycles. The maximum Gasteiger partial charge on any atom is 0.337 e. The number of benzene rings is 1. The van der Waals surface area contributed by atoms with Crippen LogP contribution in [-0.2, 0) is 20.7 Å². The Morgan fingerprint density at radius 3 is 2.25 bits per heavy atom. The molecule has 108 valence electrons. The minimum Gasteiger partial charge on any atom is -0.575 e. The molecule has 1 heterocycles. The molecule has 5 nitrogen and oxygen atoms in total. The molecule has 0 aliphatic carbocycles. The minimum absolute atomic E-state index is 0.0296. The van der Waals surface area contributed by atoms with Gasteiger partial charge in [0.2, 0.25) is 0 Å². The van der Waals surface area contributed by atoms with E-state index in [4.69, 9.17) is 9.47 Å². The summed E-state index contributed by atoms with van der Waals surface area (Å²) < 4.78 is 10.1. The molecule has 0 amide bonds. The van der Waals surface area contributed by atoms with Gasteiger partial charge in [-0.3, -0.25) is 0 Å². The summed E-state index contributed by atoms with van der Waals surface area (Å²) in [5.41, 5.74) is 1.94. The average molecular weight is 276 g/mol. The van der Waals surface area contributed by atoms with Crippen LogP contribution in [0.2, 0.25) is 0 Å². The summed E-state index contributed by atoms with van der Waals surface area (Å²) in [5.74, 6) is -2.40. The Labute approximate surface area is 118 Å². The molecule has 0 bridgehead atoms. The molecule has 0 unspecified atom stereocenters. The number of ether oxygens (including phenoxy) is 2. The fourth-order valence-corrected chi connectivity index (χ4v) is 1.93. The monoisotopic (exact) mass is 276 g/mol. The summed E-state index contributed by atoms with van der Waals surface area (Å²) in [5, 5.41) is 11.8. The van der Waals surface area contributed by atoms with Gasteiger partial charge in [-0.25, -0.2) is 4.79 Å². The Kier molecular flexibility index (Phi) is 3.61. The zero-order chi connectivity index (χ0) is 14.9. The molecular weight excluding hydrogens is 258 g/mol. The normalized spacial score (nSPS) is 17.5. The van der Waals surface area contributed by atoms with Crippen LogP contribution in [0.3, 0.4) is 0 Å². The number of rotatable bonds is 3. The lowest BCUT2D eigenvalue weighted by Crippen LogP contribution is -2.40. The summed E-state index contributed by atoms with van der Waals surface area (Å²) in [7, 11) is 3.89. The van der Waals surface area contributed by atoms with E-state index in [2.05, 4.69) is 0 Å². The minimum atomic E-state index is -1.19. The van der Waals surface area contributed by atoms with Crippen LogP contribution in [0.4, 0.5) is 5.69 Å². The molecule has 1 aliphatic heterocycles. The highest BCUT2D eigenvalue weighted by Gasteiger charge is 2.28. The largest absolute Gasteiger partial charge is 0.575 e. The summed E-state index contributed by atoms with van der Waals surface area (Å²) in [6.07, 6.45) is 0.210. The number of hydrogen-bond donors (Lipinski definition) is 0. The van der Waals surface area contributed by atoms with Crippen molar-refractivity contribution in [2.45, 2.75) is 26.1 Å². The van der Waals surface area contributed by atoms with E-state index < -0.39 is 17.7 Å². The van der Waals surface area contributed by atoms with Crippen LogP contribution in [-0.4, -0.2) is 25.9 Å². The molecule has 2 rings (SSSR count). The first kappa shape index (κ1) is 14.2. The van der Waals surface area contributed by atoms with E-state index in [-0.39, 0.29) is 12.0 Å². The van der Waals surface area contributed by atoms with Crippen LogP contribution < -0.4 is 10.0 Å². The third kappa shape index (κ3) is 3.04.